The summed E-state index contributed by atoms with van der Waals surface area (Å²) in [5, 5.41) is 1.28. The molecule has 170 valence electrons. The summed E-state index contributed by atoms with van der Waals surface area (Å²) in [5.74, 6) is 1.56. The SMILES string of the molecule is COc1cccc(-n2c(SCc3nc(N)nc(N)n3)nc3sc4c(c3c2=O)CCCCC4)c1. The van der Waals surface area contributed by atoms with E-state index in [-0.39, 0.29) is 17.5 Å². The van der Waals surface area contributed by atoms with Crippen molar-refractivity contribution in [2.24, 2.45) is 0 Å². The molecule has 4 aromatic rings. The van der Waals surface area contributed by atoms with Gasteiger partial charge in [-0.05, 0) is 43.4 Å². The van der Waals surface area contributed by atoms with Gasteiger partial charge in [0, 0.05) is 10.9 Å². The number of aromatic nitrogens is 5. The van der Waals surface area contributed by atoms with E-state index < -0.39 is 0 Å². The first-order valence-electron chi connectivity index (χ1n) is 10.6. The van der Waals surface area contributed by atoms with Crippen molar-refractivity contribution < 1.29 is 4.74 Å². The number of ether oxygens (including phenoxy) is 1. The Kier molecular flexibility index (Phi) is 5.90. The van der Waals surface area contributed by atoms with E-state index in [9.17, 15) is 4.79 Å². The molecule has 0 atom stereocenters. The Hall–Kier alpha value is -3.18. The Morgan fingerprint density at radius 1 is 1.09 bits per heavy atom. The van der Waals surface area contributed by atoms with Crippen LogP contribution in [0.25, 0.3) is 15.9 Å². The van der Waals surface area contributed by atoms with Crippen molar-refractivity contribution in [3.63, 3.8) is 0 Å². The van der Waals surface area contributed by atoms with Crippen LogP contribution in [0.15, 0.2) is 34.2 Å². The van der Waals surface area contributed by atoms with Crippen LogP contribution in [0, 0.1) is 0 Å². The number of hydrogen-bond donors (Lipinski definition) is 2. The number of benzene rings is 1. The zero-order chi connectivity index (χ0) is 22.9. The molecule has 0 spiro atoms. The van der Waals surface area contributed by atoms with Crippen LogP contribution >= 0.6 is 23.1 Å². The number of nitrogens with two attached hydrogens (primary N) is 2. The number of rotatable bonds is 5. The molecule has 0 saturated heterocycles. The van der Waals surface area contributed by atoms with Gasteiger partial charge < -0.3 is 16.2 Å². The molecule has 1 aliphatic rings. The highest BCUT2D eigenvalue weighted by molar-refractivity contribution is 7.98. The molecule has 0 amide bonds. The molecule has 0 saturated carbocycles. The predicted octanol–water partition coefficient (Wildman–Crippen LogP) is 3.37. The summed E-state index contributed by atoms with van der Waals surface area (Å²) in [5.41, 5.74) is 13.2. The molecule has 4 N–H and O–H groups in total. The molecule has 1 aromatic carbocycles. The smallest absolute Gasteiger partial charge is 0.267 e. The first-order valence-corrected chi connectivity index (χ1v) is 12.4. The van der Waals surface area contributed by atoms with E-state index in [2.05, 4.69) is 15.0 Å². The molecule has 0 radical (unpaired) electrons. The first-order chi connectivity index (χ1) is 16.0. The fourth-order valence-corrected chi connectivity index (χ4v) is 6.26. The average Bonchev–Trinajstić information content (AvgIpc) is 2.98. The van der Waals surface area contributed by atoms with E-state index in [1.54, 1.807) is 23.0 Å². The average molecular weight is 482 g/mol. The highest BCUT2D eigenvalue weighted by Gasteiger charge is 2.22. The molecule has 0 fully saturated rings. The van der Waals surface area contributed by atoms with Gasteiger partial charge >= 0.3 is 0 Å². The Labute approximate surface area is 198 Å². The molecular weight excluding hydrogens is 458 g/mol. The second kappa shape index (κ2) is 8.99. The fourth-order valence-electron chi connectivity index (χ4n) is 4.09. The zero-order valence-corrected chi connectivity index (χ0v) is 19.7. The maximum atomic E-state index is 13.9. The van der Waals surface area contributed by atoms with Crippen LogP contribution in [0.2, 0.25) is 0 Å². The monoisotopic (exact) mass is 481 g/mol. The van der Waals surface area contributed by atoms with E-state index in [0.717, 1.165) is 41.5 Å². The third-order valence-corrected chi connectivity index (χ3v) is 7.69. The quantitative estimate of drug-likeness (QED) is 0.250. The Morgan fingerprint density at radius 3 is 2.67 bits per heavy atom. The molecule has 0 bridgehead atoms. The van der Waals surface area contributed by atoms with Crippen LogP contribution in [-0.4, -0.2) is 31.6 Å². The van der Waals surface area contributed by atoms with Crippen LogP contribution in [0.4, 0.5) is 11.9 Å². The normalized spacial score (nSPS) is 13.6. The summed E-state index contributed by atoms with van der Waals surface area (Å²) >= 11 is 2.99. The van der Waals surface area contributed by atoms with Crippen molar-refractivity contribution in [1.29, 1.82) is 0 Å². The summed E-state index contributed by atoms with van der Waals surface area (Å²) in [6, 6.07) is 7.43. The van der Waals surface area contributed by atoms with Gasteiger partial charge in [0.2, 0.25) is 11.9 Å². The first kappa shape index (κ1) is 21.7. The van der Waals surface area contributed by atoms with Gasteiger partial charge in [-0.1, -0.05) is 24.2 Å². The Bertz CT molecular complexity index is 1380. The van der Waals surface area contributed by atoms with E-state index in [1.165, 1.54) is 23.1 Å². The summed E-state index contributed by atoms with van der Waals surface area (Å²) in [7, 11) is 1.60. The van der Waals surface area contributed by atoms with E-state index >= 15 is 0 Å². The minimum absolute atomic E-state index is 0.0636. The van der Waals surface area contributed by atoms with E-state index in [4.69, 9.17) is 21.2 Å². The summed E-state index contributed by atoms with van der Waals surface area (Å²) in [6.45, 7) is 0. The van der Waals surface area contributed by atoms with Crippen LogP contribution in [-0.2, 0) is 18.6 Å². The van der Waals surface area contributed by atoms with Gasteiger partial charge in [-0.2, -0.15) is 15.0 Å². The van der Waals surface area contributed by atoms with Gasteiger partial charge in [-0.25, -0.2) is 4.98 Å². The second-order valence-electron chi connectivity index (χ2n) is 7.74. The minimum atomic E-state index is -0.0650. The molecule has 3 heterocycles. The van der Waals surface area contributed by atoms with Crippen molar-refractivity contribution in [2.45, 2.75) is 43.0 Å². The lowest BCUT2D eigenvalue weighted by atomic mass is 10.1. The van der Waals surface area contributed by atoms with Gasteiger partial charge in [0.25, 0.3) is 5.56 Å². The van der Waals surface area contributed by atoms with Crippen LogP contribution in [0.5, 0.6) is 5.75 Å². The molecule has 0 unspecified atom stereocenters. The lowest BCUT2D eigenvalue weighted by Crippen LogP contribution is -2.22. The fraction of sp³-hybridized carbons (Fsp3) is 0.318. The maximum Gasteiger partial charge on any atom is 0.267 e. The van der Waals surface area contributed by atoms with Crippen LogP contribution in [0.1, 0.15) is 35.5 Å². The zero-order valence-electron chi connectivity index (χ0n) is 18.1. The standard InChI is InChI=1S/C22H23N7O2S2/c1-31-13-7-5-6-12(10-13)29-19(30)17-14-8-3-2-4-9-15(14)33-18(17)27-22(29)32-11-16-25-20(23)28-21(24)26-16/h5-7,10H,2-4,8-9,11H2,1H3,(H4,23,24,25,26,28). The molecule has 3 aromatic heterocycles. The molecule has 5 rings (SSSR count). The number of nitrogens with zero attached hydrogens (tertiary/aromatic N) is 5. The van der Waals surface area contributed by atoms with Crippen molar-refractivity contribution in [3.8, 4) is 11.4 Å². The highest BCUT2D eigenvalue weighted by atomic mass is 32.2. The van der Waals surface area contributed by atoms with Gasteiger partial charge in [0.05, 0.1) is 23.9 Å². The highest BCUT2D eigenvalue weighted by Crippen LogP contribution is 2.35. The summed E-state index contributed by atoms with van der Waals surface area (Å²) in [6.07, 6.45) is 5.34. The largest absolute Gasteiger partial charge is 0.497 e. The van der Waals surface area contributed by atoms with Gasteiger partial charge in [0.15, 0.2) is 5.16 Å². The number of anilines is 2. The Balaban J connectivity index is 1.66. The predicted molar refractivity (Wildman–Crippen MR) is 131 cm³/mol. The molecule has 1 aliphatic carbocycles. The van der Waals surface area contributed by atoms with Gasteiger partial charge in [-0.3, -0.25) is 9.36 Å². The molecule has 9 nitrogen and oxygen atoms in total. The number of aryl methyl sites for hydroxylation is 2. The van der Waals surface area contributed by atoms with Gasteiger partial charge in [-0.15, -0.1) is 11.3 Å². The molecule has 11 heteroatoms. The van der Waals surface area contributed by atoms with Crippen molar-refractivity contribution in [1.82, 2.24) is 24.5 Å². The van der Waals surface area contributed by atoms with Crippen molar-refractivity contribution in [3.05, 3.63) is 50.9 Å². The second-order valence-corrected chi connectivity index (χ2v) is 9.76. The Morgan fingerprint density at radius 2 is 1.88 bits per heavy atom. The minimum Gasteiger partial charge on any atom is -0.497 e. The number of methoxy groups -OCH3 is 1. The number of nitrogen functional groups attached to an aromatic ring is 2. The van der Waals surface area contributed by atoms with Crippen LogP contribution in [0.3, 0.4) is 0 Å². The van der Waals surface area contributed by atoms with Crippen LogP contribution < -0.4 is 21.8 Å². The lowest BCUT2D eigenvalue weighted by molar-refractivity contribution is 0.414. The number of thioether (sulfide) groups is 1. The molecule has 33 heavy (non-hydrogen) atoms. The lowest BCUT2D eigenvalue weighted by Gasteiger charge is -2.13. The summed E-state index contributed by atoms with van der Waals surface area (Å²) in [4.78, 5) is 33.0. The van der Waals surface area contributed by atoms with Gasteiger partial charge in [0.1, 0.15) is 16.4 Å². The number of thiophene rings is 1. The molecule has 0 aliphatic heterocycles. The maximum absolute atomic E-state index is 13.9. The summed E-state index contributed by atoms with van der Waals surface area (Å²) < 4.78 is 7.05. The number of hydrogen-bond acceptors (Lipinski definition) is 10. The number of fused-ring (bicyclic) bond motifs is 3. The topological polar surface area (TPSA) is 135 Å². The van der Waals surface area contributed by atoms with Crippen molar-refractivity contribution in [2.75, 3.05) is 18.6 Å². The third kappa shape index (κ3) is 4.25. The van der Waals surface area contributed by atoms with E-state index in [1.807, 2.05) is 24.3 Å². The van der Waals surface area contributed by atoms with Crippen molar-refractivity contribution >= 4 is 45.2 Å². The third-order valence-electron chi connectivity index (χ3n) is 5.57. The molecular formula is C22H23N7O2S2. The van der Waals surface area contributed by atoms with E-state index in [0.29, 0.717) is 28.2 Å².